The van der Waals surface area contributed by atoms with Gasteiger partial charge < -0.3 is 25.0 Å². The van der Waals surface area contributed by atoms with Gasteiger partial charge in [0.1, 0.15) is 5.75 Å². The molecule has 3 aliphatic rings. The number of aromatic nitrogens is 3. The van der Waals surface area contributed by atoms with Crippen molar-refractivity contribution in [2.75, 3.05) is 37.9 Å². The van der Waals surface area contributed by atoms with E-state index in [9.17, 15) is 9.59 Å². The number of nitrogens with one attached hydrogen (secondary N) is 3. The number of hydrogen-bond acceptors (Lipinski definition) is 7. The third-order valence-corrected chi connectivity index (χ3v) is 8.01. The number of carbonyl (C=O) groups is 2. The number of pyridine rings is 1. The predicted molar refractivity (Wildman–Crippen MR) is 141 cm³/mol. The van der Waals surface area contributed by atoms with Crippen molar-refractivity contribution in [2.24, 2.45) is 0 Å². The molecule has 10 nitrogen and oxygen atoms in total. The molecular weight excluding hydrogens is 484 g/mol. The Morgan fingerprint density at radius 1 is 1.11 bits per heavy atom. The van der Waals surface area contributed by atoms with Crippen LogP contribution in [0.5, 0.6) is 11.5 Å². The molecule has 2 aromatic carbocycles. The largest absolute Gasteiger partial charge is 0.497 e. The summed E-state index contributed by atoms with van der Waals surface area (Å²) in [5.74, 6) is 2.33. The van der Waals surface area contributed by atoms with Crippen molar-refractivity contribution in [3.8, 4) is 11.5 Å². The van der Waals surface area contributed by atoms with Crippen molar-refractivity contribution in [1.82, 2.24) is 20.1 Å². The highest BCUT2D eigenvalue weighted by atomic mass is 16.5. The molecule has 2 aliphatic heterocycles. The fourth-order valence-corrected chi connectivity index (χ4v) is 5.67. The van der Waals surface area contributed by atoms with Gasteiger partial charge >= 0.3 is 0 Å². The molecule has 0 bridgehead atoms. The van der Waals surface area contributed by atoms with E-state index < -0.39 is 5.41 Å². The van der Waals surface area contributed by atoms with Gasteiger partial charge in [0.2, 0.25) is 5.91 Å². The molecule has 4 aromatic rings. The zero-order chi connectivity index (χ0) is 26.0. The molecule has 1 saturated carbocycles. The average molecular weight is 511 g/mol. The Bertz CT molecular complexity index is 1630. The average Bonchev–Trinajstić information content (AvgIpc) is 3.46. The topological polar surface area (TPSA) is 121 Å². The van der Waals surface area contributed by atoms with E-state index in [4.69, 9.17) is 9.47 Å². The van der Waals surface area contributed by atoms with Crippen molar-refractivity contribution >= 4 is 40.0 Å². The molecule has 10 heteroatoms. The first-order valence-electron chi connectivity index (χ1n) is 12.6. The Kier molecular flexibility index (Phi) is 4.88. The highest BCUT2D eigenvalue weighted by molar-refractivity contribution is 6.10. The van der Waals surface area contributed by atoms with Crippen molar-refractivity contribution in [3.63, 3.8) is 0 Å². The molecule has 1 spiro atoms. The SMILES string of the molecule is COc1ccc2c(c1)[C@]1(C[C@H]1c1ccc3c(Nc4ncc(C(=O)N5CCC5)cc4OC)n[nH]c3c1)C(=O)N2. The zero-order valence-electron chi connectivity index (χ0n) is 21.0. The van der Waals surface area contributed by atoms with E-state index in [1.165, 1.54) is 0 Å². The van der Waals surface area contributed by atoms with Crippen LogP contribution in [0.1, 0.15) is 40.2 Å². The number of amides is 2. The monoisotopic (exact) mass is 510 g/mol. The summed E-state index contributed by atoms with van der Waals surface area (Å²) in [5.41, 5.74) is 3.70. The van der Waals surface area contributed by atoms with Crippen molar-refractivity contribution in [1.29, 1.82) is 0 Å². The molecule has 2 fully saturated rings. The van der Waals surface area contributed by atoms with Gasteiger partial charge in [-0.25, -0.2) is 4.98 Å². The molecule has 0 unspecified atom stereocenters. The number of aromatic amines is 1. The second-order valence-electron chi connectivity index (χ2n) is 10.0. The maximum Gasteiger partial charge on any atom is 0.255 e. The number of ether oxygens (including phenoxy) is 2. The second-order valence-corrected chi connectivity index (χ2v) is 10.0. The smallest absolute Gasteiger partial charge is 0.255 e. The number of benzene rings is 2. The lowest BCUT2D eigenvalue weighted by Gasteiger charge is -2.30. The summed E-state index contributed by atoms with van der Waals surface area (Å²) in [5, 5.41) is 14.7. The van der Waals surface area contributed by atoms with Crippen LogP contribution in [0.2, 0.25) is 0 Å². The lowest BCUT2D eigenvalue weighted by molar-refractivity contribution is -0.118. The van der Waals surface area contributed by atoms with Crippen LogP contribution in [0.3, 0.4) is 0 Å². The summed E-state index contributed by atoms with van der Waals surface area (Å²) in [6, 6.07) is 13.5. The summed E-state index contributed by atoms with van der Waals surface area (Å²) < 4.78 is 10.9. The van der Waals surface area contributed by atoms with E-state index in [1.54, 1.807) is 31.4 Å². The number of nitrogens with zero attached hydrogens (tertiary/aromatic N) is 3. The molecule has 1 saturated heterocycles. The summed E-state index contributed by atoms with van der Waals surface area (Å²) in [6.45, 7) is 1.55. The van der Waals surface area contributed by atoms with Gasteiger partial charge in [-0.05, 0) is 60.4 Å². The minimum Gasteiger partial charge on any atom is -0.497 e. The fraction of sp³-hybridized carbons (Fsp3) is 0.286. The quantitative estimate of drug-likeness (QED) is 0.359. The normalized spacial score (nSPS) is 21.2. The minimum atomic E-state index is -0.564. The molecule has 7 rings (SSSR count). The Labute approximate surface area is 218 Å². The van der Waals surface area contributed by atoms with Crippen LogP contribution in [-0.4, -0.2) is 59.2 Å². The van der Waals surface area contributed by atoms with Gasteiger partial charge in [0, 0.05) is 36.3 Å². The number of likely N-dealkylation sites (tertiary alicyclic amines) is 1. The number of hydrogen-bond donors (Lipinski definition) is 3. The molecule has 3 N–H and O–H groups in total. The summed E-state index contributed by atoms with van der Waals surface area (Å²) in [6.07, 6.45) is 3.33. The van der Waals surface area contributed by atoms with E-state index >= 15 is 0 Å². The highest BCUT2D eigenvalue weighted by Gasteiger charge is 2.65. The van der Waals surface area contributed by atoms with Crippen LogP contribution in [0, 0.1) is 0 Å². The number of H-pyrrole nitrogens is 1. The third-order valence-electron chi connectivity index (χ3n) is 8.01. The lowest BCUT2D eigenvalue weighted by atomic mass is 9.91. The van der Waals surface area contributed by atoms with Gasteiger partial charge in [-0.15, -0.1) is 0 Å². The van der Waals surface area contributed by atoms with E-state index in [0.717, 1.165) is 59.4 Å². The van der Waals surface area contributed by atoms with Crippen LogP contribution in [-0.2, 0) is 10.2 Å². The van der Waals surface area contributed by atoms with Crippen LogP contribution < -0.4 is 20.1 Å². The Morgan fingerprint density at radius 3 is 2.74 bits per heavy atom. The number of fused-ring (bicyclic) bond motifs is 3. The molecule has 2 atom stereocenters. The van der Waals surface area contributed by atoms with Gasteiger partial charge in [-0.2, -0.15) is 5.10 Å². The van der Waals surface area contributed by atoms with Crippen molar-refractivity contribution in [2.45, 2.75) is 24.2 Å². The minimum absolute atomic E-state index is 0.0343. The van der Waals surface area contributed by atoms with Gasteiger partial charge in [0.25, 0.3) is 5.91 Å². The van der Waals surface area contributed by atoms with Crippen LogP contribution in [0.4, 0.5) is 17.3 Å². The van der Waals surface area contributed by atoms with Crippen LogP contribution >= 0.6 is 0 Å². The van der Waals surface area contributed by atoms with Crippen molar-refractivity contribution < 1.29 is 19.1 Å². The van der Waals surface area contributed by atoms with Crippen molar-refractivity contribution in [3.05, 3.63) is 65.4 Å². The third kappa shape index (κ3) is 3.26. The van der Waals surface area contributed by atoms with E-state index in [1.807, 2.05) is 30.3 Å². The summed E-state index contributed by atoms with van der Waals surface area (Å²) in [4.78, 5) is 31.8. The molecule has 0 radical (unpaired) electrons. The second kappa shape index (κ2) is 8.20. The first kappa shape index (κ1) is 22.6. The highest BCUT2D eigenvalue weighted by Crippen LogP contribution is 2.65. The maximum atomic E-state index is 13.0. The number of anilines is 3. The molecule has 2 aromatic heterocycles. The Balaban J connectivity index is 1.15. The molecule has 38 heavy (non-hydrogen) atoms. The molecule has 192 valence electrons. The first-order chi connectivity index (χ1) is 18.5. The molecule has 1 aliphatic carbocycles. The van der Waals surface area contributed by atoms with E-state index in [-0.39, 0.29) is 17.7 Å². The van der Waals surface area contributed by atoms with E-state index in [0.29, 0.717) is 22.9 Å². The zero-order valence-corrected chi connectivity index (χ0v) is 21.0. The molecule has 4 heterocycles. The van der Waals surface area contributed by atoms with Crippen LogP contribution in [0.25, 0.3) is 10.9 Å². The Hall–Kier alpha value is -4.60. The van der Waals surface area contributed by atoms with Gasteiger partial charge in [-0.3, -0.25) is 14.7 Å². The maximum absolute atomic E-state index is 13.0. The van der Waals surface area contributed by atoms with Gasteiger partial charge in [0.15, 0.2) is 17.4 Å². The van der Waals surface area contributed by atoms with Gasteiger partial charge in [-0.1, -0.05) is 6.07 Å². The van der Waals surface area contributed by atoms with Gasteiger partial charge in [0.05, 0.1) is 30.7 Å². The van der Waals surface area contributed by atoms with E-state index in [2.05, 4.69) is 31.9 Å². The Morgan fingerprint density at radius 2 is 1.97 bits per heavy atom. The molecular formula is C28H26N6O4. The number of methoxy groups -OCH3 is 2. The lowest BCUT2D eigenvalue weighted by Crippen LogP contribution is -2.42. The van der Waals surface area contributed by atoms with Crippen LogP contribution in [0.15, 0.2) is 48.7 Å². The predicted octanol–water partition coefficient (Wildman–Crippen LogP) is 3.94. The standard InChI is InChI=1S/C28H26N6O4/c1-37-17-5-7-21-19(12-17)28(27(36)30-21)13-20(28)15-4-6-18-22(10-15)32-33-24(18)31-25-23(38-2)11-16(14-29-25)26(35)34-8-3-9-34/h4-7,10-12,14,20H,3,8-9,13H2,1-2H3,(H,30,36)(H2,29,31,32,33)/t20-,28-/m0/s1. The molecule has 2 amide bonds. The number of carbonyl (C=O) groups excluding carboxylic acids is 2. The first-order valence-corrected chi connectivity index (χ1v) is 12.6. The fourth-order valence-electron chi connectivity index (χ4n) is 5.67. The number of rotatable bonds is 6. The summed E-state index contributed by atoms with van der Waals surface area (Å²) in [7, 11) is 3.18. The summed E-state index contributed by atoms with van der Waals surface area (Å²) >= 11 is 0.